The average molecular weight is 267 g/mol. The first-order valence-corrected chi connectivity index (χ1v) is 7.28. The predicted octanol–water partition coefficient (Wildman–Crippen LogP) is 2.05. The highest BCUT2D eigenvalue weighted by Gasteiger charge is 2.21. The Kier molecular flexibility index (Phi) is 4.23. The summed E-state index contributed by atoms with van der Waals surface area (Å²) in [6.45, 7) is 4.34. The largest absolute Gasteiger partial charge is 0.389 e. The van der Waals surface area contributed by atoms with Crippen LogP contribution in [0.2, 0.25) is 0 Å². The minimum Gasteiger partial charge on any atom is -0.389 e. The van der Waals surface area contributed by atoms with E-state index in [4.69, 9.17) is 18.0 Å². The van der Waals surface area contributed by atoms with E-state index in [2.05, 4.69) is 16.8 Å². The molecule has 5 heteroatoms. The van der Waals surface area contributed by atoms with E-state index < -0.39 is 0 Å². The quantitative estimate of drug-likeness (QED) is 0.849. The number of nitrogens with zero attached hydrogens (tertiary/aromatic N) is 2. The van der Waals surface area contributed by atoms with Gasteiger partial charge >= 0.3 is 0 Å². The van der Waals surface area contributed by atoms with Crippen molar-refractivity contribution >= 4 is 34.7 Å². The number of hydrogen-bond donors (Lipinski definition) is 1. The zero-order valence-electron chi connectivity index (χ0n) is 9.93. The van der Waals surface area contributed by atoms with Crippen LogP contribution in [0.25, 0.3) is 0 Å². The van der Waals surface area contributed by atoms with E-state index >= 15 is 0 Å². The molecule has 1 aliphatic heterocycles. The minimum atomic E-state index is 0.452. The average Bonchev–Trinajstić information content (AvgIpc) is 2.39. The summed E-state index contributed by atoms with van der Waals surface area (Å²) in [7, 11) is 0. The molecule has 0 aliphatic carbocycles. The third-order valence-corrected chi connectivity index (χ3v) is 4.59. The molecule has 0 amide bonds. The molecule has 92 valence electrons. The SMILES string of the molecule is CCC1CN(c2cnccc2C(N)=S)CCS1. The summed E-state index contributed by atoms with van der Waals surface area (Å²) >= 11 is 7.14. The second-order valence-electron chi connectivity index (χ2n) is 4.10. The summed E-state index contributed by atoms with van der Waals surface area (Å²) in [6, 6.07) is 1.90. The van der Waals surface area contributed by atoms with Gasteiger partial charge in [-0.15, -0.1) is 0 Å². The zero-order valence-corrected chi connectivity index (χ0v) is 11.6. The first kappa shape index (κ1) is 12.6. The standard InChI is InChI=1S/C12H17N3S2/c1-2-9-8-15(5-6-17-9)11-7-14-4-3-10(11)12(13)16/h3-4,7,9H,2,5-6,8H2,1H3,(H2,13,16). The monoisotopic (exact) mass is 267 g/mol. The highest BCUT2D eigenvalue weighted by atomic mass is 32.2. The van der Waals surface area contributed by atoms with Gasteiger partial charge in [0.05, 0.1) is 11.9 Å². The van der Waals surface area contributed by atoms with Gasteiger partial charge in [0, 0.05) is 35.9 Å². The Morgan fingerprint density at radius 3 is 3.24 bits per heavy atom. The Morgan fingerprint density at radius 1 is 1.71 bits per heavy atom. The van der Waals surface area contributed by atoms with Crippen LogP contribution < -0.4 is 10.6 Å². The molecule has 2 rings (SSSR count). The van der Waals surface area contributed by atoms with E-state index in [0.29, 0.717) is 10.2 Å². The number of hydrogen-bond acceptors (Lipinski definition) is 4. The lowest BCUT2D eigenvalue weighted by atomic mass is 10.2. The third-order valence-electron chi connectivity index (χ3n) is 3.00. The van der Waals surface area contributed by atoms with Crippen molar-refractivity contribution in [1.29, 1.82) is 0 Å². The van der Waals surface area contributed by atoms with E-state index in [1.165, 1.54) is 6.42 Å². The third kappa shape index (κ3) is 2.90. The Morgan fingerprint density at radius 2 is 2.53 bits per heavy atom. The number of pyridine rings is 1. The van der Waals surface area contributed by atoms with Crippen molar-refractivity contribution in [2.75, 3.05) is 23.7 Å². The van der Waals surface area contributed by atoms with Gasteiger partial charge in [-0.05, 0) is 12.5 Å². The molecular weight excluding hydrogens is 250 g/mol. The van der Waals surface area contributed by atoms with Gasteiger partial charge in [-0.25, -0.2) is 0 Å². The highest BCUT2D eigenvalue weighted by Crippen LogP contribution is 2.27. The molecule has 1 aromatic rings. The fraction of sp³-hybridized carbons (Fsp3) is 0.500. The van der Waals surface area contributed by atoms with Crippen LogP contribution in [-0.4, -0.2) is 34.1 Å². The Bertz CT molecular complexity index is 408. The van der Waals surface area contributed by atoms with Crippen LogP contribution in [-0.2, 0) is 0 Å². The molecule has 1 atom stereocenters. The van der Waals surface area contributed by atoms with E-state index in [1.54, 1.807) is 6.20 Å². The molecule has 3 nitrogen and oxygen atoms in total. The molecule has 17 heavy (non-hydrogen) atoms. The topological polar surface area (TPSA) is 42.2 Å². The molecule has 0 spiro atoms. The normalized spacial score (nSPS) is 20.3. The van der Waals surface area contributed by atoms with E-state index in [-0.39, 0.29) is 0 Å². The zero-order chi connectivity index (χ0) is 12.3. The van der Waals surface area contributed by atoms with Gasteiger partial charge in [0.15, 0.2) is 0 Å². The molecular formula is C12H17N3S2. The highest BCUT2D eigenvalue weighted by molar-refractivity contribution is 8.00. The summed E-state index contributed by atoms with van der Waals surface area (Å²) in [4.78, 5) is 7.00. The van der Waals surface area contributed by atoms with Crippen molar-refractivity contribution in [1.82, 2.24) is 4.98 Å². The maximum Gasteiger partial charge on any atom is 0.106 e. The number of rotatable bonds is 3. The fourth-order valence-electron chi connectivity index (χ4n) is 2.03. The van der Waals surface area contributed by atoms with Crippen molar-refractivity contribution < 1.29 is 0 Å². The van der Waals surface area contributed by atoms with Gasteiger partial charge in [0.25, 0.3) is 0 Å². The van der Waals surface area contributed by atoms with Crippen LogP contribution in [0.15, 0.2) is 18.5 Å². The van der Waals surface area contributed by atoms with Crippen LogP contribution in [0.5, 0.6) is 0 Å². The van der Waals surface area contributed by atoms with Crippen molar-refractivity contribution in [3.05, 3.63) is 24.0 Å². The van der Waals surface area contributed by atoms with Crippen LogP contribution in [0.4, 0.5) is 5.69 Å². The second-order valence-corrected chi connectivity index (χ2v) is 5.95. The molecule has 1 aromatic heterocycles. The van der Waals surface area contributed by atoms with Crippen LogP contribution >= 0.6 is 24.0 Å². The fourth-order valence-corrected chi connectivity index (χ4v) is 3.38. The maximum absolute atomic E-state index is 5.76. The Balaban J connectivity index is 2.24. The van der Waals surface area contributed by atoms with Gasteiger partial charge < -0.3 is 10.6 Å². The molecule has 1 saturated heterocycles. The summed E-state index contributed by atoms with van der Waals surface area (Å²) in [5.41, 5.74) is 7.78. The van der Waals surface area contributed by atoms with E-state index in [1.807, 2.05) is 24.0 Å². The molecule has 0 bridgehead atoms. The van der Waals surface area contributed by atoms with Crippen molar-refractivity contribution in [3.8, 4) is 0 Å². The van der Waals surface area contributed by atoms with Crippen LogP contribution in [0, 0.1) is 0 Å². The van der Waals surface area contributed by atoms with Crippen LogP contribution in [0.1, 0.15) is 18.9 Å². The molecule has 1 aliphatic rings. The molecule has 2 N–H and O–H groups in total. The molecule has 1 fully saturated rings. The smallest absolute Gasteiger partial charge is 0.106 e. The van der Waals surface area contributed by atoms with Crippen molar-refractivity contribution in [2.45, 2.75) is 18.6 Å². The lowest BCUT2D eigenvalue weighted by Gasteiger charge is -2.34. The molecule has 1 unspecified atom stereocenters. The minimum absolute atomic E-state index is 0.452. The van der Waals surface area contributed by atoms with Crippen molar-refractivity contribution in [3.63, 3.8) is 0 Å². The summed E-state index contributed by atoms with van der Waals surface area (Å²) in [5, 5.41) is 0.697. The van der Waals surface area contributed by atoms with Gasteiger partial charge in [-0.3, -0.25) is 4.98 Å². The van der Waals surface area contributed by atoms with Crippen molar-refractivity contribution in [2.24, 2.45) is 5.73 Å². The summed E-state index contributed by atoms with van der Waals surface area (Å²) < 4.78 is 0. The second kappa shape index (κ2) is 5.69. The van der Waals surface area contributed by atoms with Gasteiger partial charge in [-0.2, -0.15) is 11.8 Å². The predicted molar refractivity (Wildman–Crippen MR) is 78.9 cm³/mol. The number of anilines is 1. The van der Waals surface area contributed by atoms with E-state index in [0.717, 1.165) is 30.1 Å². The Labute approximate surface area is 112 Å². The molecule has 2 heterocycles. The number of thiocarbonyl (C=S) groups is 1. The van der Waals surface area contributed by atoms with Gasteiger partial charge in [0.1, 0.15) is 4.99 Å². The molecule has 0 aromatic carbocycles. The molecule has 0 saturated carbocycles. The maximum atomic E-state index is 5.76. The summed E-state index contributed by atoms with van der Waals surface area (Å²) in [6.07, 6.45) is 4.81. The number of thioether (sulfide) groups is 1. The number of aromatic nitrogens is 1. The van der Waals surface area contributed by atoms with Crippen LogP contribution in [0.3, 0.4) is 0 Å². The summed E-state index contributed by atoms with van der Waals surface area (Å²) in [5.74, 6) is 1.16. The first-order chi connectivity index (χ1) is 8.22. The van der Waals surface area contributed by atoms with Gasteiger partial charge in [0.2, 0.25) is 0 Å². The Hall–Kier alpha value is -0.810. The van der Waals surface area contributed by atoms with E-state index in [9.17, 15) is 0 Å². The molecule has 0 radical (unpaired) electrons. The first-order valence-electron chi connectivity index (χ1n) is 5.82. The lowest BCUT2D eigenvalue weighted by Crippen LogP contribution is -2.38. The van der Waals surface area contributed by atoms with Gasteiger partial charge in [-0.1, -0.05) is 19.1 Å². The number of nitrogens with two attached hydrogens (primary N) is 1. The lowest BCUT2D eigenvalue weighted by molar-refractivity contribution is 0.726.